The molecule has 25 heavy (non-hydrogen) atoms. The average molecular weight is 438 g/mol. The highest BCUT2D eigenvalue weighted by atomic mass is 79.9. The van der Waals surface area contributed by atoms with E-state index >= 15 is 0 Å². The van der Waals surface area contributed by atoms with Gasteiger partial charge in [-0.15, -0.1) is 0 Å². The summed E-state index contributed by atoms with van der Waals surface area (Å²) in [5, 5.41) is 65.7. The summed E-state index contributed by atoms with van der Waals surface area (Å²) < 4.78 is 5.01. The second-order valence-electron chi connectivity index (χ2n) is 5.17. The summed E-state index contributed by atoms with van der Waals surface area (Å²) in [6, 6.07) is 8.98. The predicted molar refractivity (Wildman–Crippen MR) is 88.0 cm³/mol. The molecule has 0 bridgehead atoms. The molecule has 0 atom stereocenters. The molecule has 10 heteroatoms. The van der Waals surface area contributed by atoms with Crippen molar-refractivity contribution in [3.8, 4) is 5.75 Å². The second-order valence-corrected chi connectivity index (χ2v) is 6.49. The number of aliphatic hydroxyl groups is 7. The molecule has 0 spiro atoms. The summed E-state index contributed by atoms with van der Waals surface area (Å²) in [5.41, 5.74) is -0.0412. The van der Waals surface area contributed by atoms with Crippen LogP contribution in [0.15, 0.2) is 46.9 Å². The lowest BCUT2D eigenvalue weighted by atomic mass is 9.97. The molecule has 0 fully saturated rings. The predicted octanol–water partition coefficient (Wildman–Crippen LogP) is -0.0639. The van der Waals surface area contributed by atoms with Crippen LogP contribution < -0.4 is 4.74 Å². The smallest absolute Gasteiger partial charge is 0.409 e. The highest BCUT2D eigenvalue weighted by molar-refractivity contribution is 9.10. The van der Waals surface area contributed by atoms with E-state index in [1.165, 1.54) is 12.1 Å². The van der Waals surface area contributed by atoms with E-state index in [-0.39, 0.29) is 21.9 Å². The maximum Gasteiger partial charge on any atom is 0.409 e. The molecule has 7 N–H and O–H groups in total. The van der Waals surface area contributed by atoms with Crippen molar-refractivity contribution in [3.05, 3.63) is 63.1 Å². The molecule has 0 unspecified atom stereocenters. The zero-order valence-electron chi connectivity index (χ0n) is 12.3. The molecule has 136 valence electrons. The van der Waals surface area contributed by atoms with Crippen LogP contribution in [0.3, 0.4) is 0 Å². The fraction of sp³-hybridized carbons (Fsp3) is 0.200. The third-order valence-electron chi connectivity index (χ3n) is 3.26. The van der Waals surface area contributed by atoms with Gasteiger partial charge in [-0.25, -0.2) is 0 Å². The first-order valence-corrected chi connectivity index (χ1v) is 7.83. The quantitative estimate of drug-likeness (QED) is 0.321. The van der Waals surface area contributed by atoms with Crippen molar-refractivity contribution < 1.29 is 40.5 Å². The first-order chi connectivity index (χ1) is 11.3. The van der Waals surface area contributed by atoms with Crippen LogP contribution in [0.4, 0.5) is 0 Å². The van der Waals surface area contributed by atoms with Gasteiger partial charge >= 0.3 is 11.9 Å². The van der Waals surface area contributed by atoms with E-state index in [0.717, 1.165) is 24.3 Å². The third kappa shape index (κ3) is 4.29. The highest BCUT2D eigenvalue weighted by Gasteiger charge is 2.50. The van der Waals surface area contributed by atoms with Gasteiger partial charge in [0.15, 0.2) is 0 Å². The summed E-state index contributed by atoms with van der Waals surface area (Å²) in [6.45, 7) is 0. The normalized spacial score (nSPS) is 13.0. The van der Waals surface area contributed by atoms with Gasteiger partial charge in [-0.05, 0) is 42.5 Å². The Balaban J connectivity index is 2.31. The number of halogens is 2. The summed E-state index contributed by atoms with van der Waals surface area (Å²) in [6.07, 6.45) is 0. The zero-order chi connectivity index (χ0) is 19.0. The topological polar surface area (TPSA) is 151 Å². The number of hydrogen-bond donors (Lipinski definition) is 7. The SMILES string of the molecule is OC(O)(c1ccc(OC(O)(O)C(O)(O)O)cc1)c1cc(Br)ccc1Cl. The largest absolute Gasteiger partial charge is 0.433 e. The Kier molecular flexibility index (Phi) is 5.45. The standard InChI is InChI=1S/C15H14BrClO8/c16-9-3-6-12(17)11(7-9)13(18,19)8-1-4-10(5-2-8)25-15(23,24)14(20,21)22/h1-7,18-24H. The first kappa shape index (κ1) is 20.0. The van der Waals surface area contributed by atoms with Crippen LogP contribution in [-0.2, 0) is 5.79 Å². The van der Waals surface area contributed by atoms with Gasteiger partial charge in [0.05, 0.1) is 0 Å². The van der Waals surface area contributed by atoms with Crippen LogP contribution in [0, 0.1) is 0 Å². The van der Waals surface area contributed by atoms with Crippen molar-refractivity contribution in [1.29, 1.82) is 0 Å². The molecule has 0 radical (unpaired) electrons. The van der Waals surface area contributed by atoms with Crippen LogP contribution in [0.1, 0.15) is 11.1 Å². The lowest BCUT2D eigenvalue weighted by molar-refractivity contribution is -0.502. The summed E-state index contributed by atoms with van der Waals surface area (Å²) in [4.78, 5) is 0. The monoisotopic (exact) mass is 436 g/mol. The Bertz CT molecular complexity index is 755. The molecule has 2 rings (SSSR count). The van der Waals surface area contributed by atoms with Crippen LogP contribution >= 0.6 is 27.5 Å². The van der Waals surface area contributed by atoms with Crippen molar-refractivity contribution in [1.82, 2.24) is 0 Å². The van der Waals surface area contributed by atoms with Gasteiger partial charge in [0.2, 0.25) is 5.79 Å². The second kappa shape index (κ2) is 6.80. The van der Waals surface area contributed by atoms with Crippen LogP contribution in [0.25, 0.3) is 0 Å². The molecule has 0 saturated carbocycles. The van der Waals surface area contributed by atoms with Crippen LogP contribution in [0.5, 0.6) is 5.75 Å². The molecule has 0 heterocycles. The maximum atomic E-state index is 10.4. The van der Waals surface area contributed by atoms with E-state index in [1.54, 1.807) is 6.07 Å². The molecule has 0 aliphatic rings. The summed E-state index contributed by atoms with van der Waals surface area (Å²) >= 11 is 9.18. The van der Waals surface area contributed by atoms with Gasteiger partial charge < -0.3 is 40.5 Å². The van der Waals surface area contributed by atoms with Crippen LogP contribution in [-0.4, -0.2) is 47.7 Å². The Hall–Kier alpha value is -1.27. The molecule has 2 aromatic rings. The first-order valence-electron chi connectivity index (χ1n) is 6.66. The molecule has 2 aromatic carbocycles. The summed E-state index contributed by atoms with van der Waals surface area (Å²) in [7, 11) is 0. The molecule has 0 saturated heterocycles. The van der Waals surface area contributed by atoms with E-state index in [1.807, 2.05) is 0 Å². The number of benzene rings is 2. The lowest BCUT2D eigenvalue weighted by Crippen LogP contribution is -2.58. The minimum absolute atomic E-state index is 0.00374. The van der Waals surface area contributed by atoms with Gasteiger partial charge in [0.1, 0.15) is 5.75 Å². The molecule has 0 aromatic heterocycles. The van der Waals surface area contributed by atoms with Crippen molar-refractivity contribution in [2.45, 2.75) is 17.7 Å². The maximum absolute atomic E-state index is 10.4. The van der Waals surface area contributed by atoms with E-state index in [9.17, 15) is 20.4 Å². The van der Waals surface area contributed by atoms with Crippen molar-refractivity contribution in [3.63, 3.8) is 0 Å². The molecular weight excluding hydrogens is 424 g/mol. The molecular formula is C15H14BrClO8. The lowest BCUT2D eigenvalue weighted by Gasteiger charge is -2.29. The van der Waals surface area contributed by atoms with Gasteiger partial charge in [-0.2, -0.15) is 0 Å². The molecule has 0 aliphatic carbocycles. The average Bonchev–Trinajstić information content (AvgIpc) is 2.48. The van der Waals surface area contributed by atoms with Crippen LogP contribution in [0.2, 0.25) is 5.02 Å². The van der Waals surface area contributed by atoms with E-state index < -0.39 is 17.7 Å². The van der Waals surface area contributed by atoms with Crippen molar-refractivity contribution >= 4 is 27.5 Å². The minimum atomic E-state index is -3.94. The zero-order valence-corrected chi connectivity index (χ0v) is 14.7. The number of ether oxygens (including phenoxy) is 1. The van der Waals surface area contributed by atoms with Gasteiger partial charge in [-0.3, -0.25) is 0 Å². The third-order valence-corrected chi connectivity index (χ3v) is 4.08. The fourth-order valence-corrected chi connectivity index (χ4v) is 2.52. The fourth-order valence-electron chi connectivity index (χ4n) is 1.91. The molecule has 8 nitrogen and oxygen atoms in total. The van der Waals surface area contributed by atoms with E-state index in [2.05, 4.69) is 20.7 Å². The summed E-state index contributed by atoms with van der Waals surface area (Å²) in [5.74, 6) is -10.4. The number of hydrogen-bond acceptors (Lipinski definition) is 8. The Morgan fingerprint density at radius 2 is 1.40 bits per heavy atom. The van der Waals surface area contributed by atoms with Gasteiger partial charge in [0, 0.05) is 20.6 Å². The molecule has 0 aliphatic heterocycles. The Morgan fingerprint density at radius 1 is 0.840 bits per heavy atom. The molecule has 0 amide bonds. The van der Waals surface area contributed by atoms with Gasteiger partial charge in [0.25, 0.3) is 0 Å². The van der Waals surface area contributed by atoms with E-state index in [0.29, 0.717) is 4.47 Å². The minimum Gasteiger partial charge on any atom is -0.433 e. The van der Waals surface area contributed by atoms with Crippen molar-refractivity contribution in [2.24, 2.45) is 0 Å². The number of rotatable bonds is 5. The van der Waals surface area contributed by atoms with E-state index in [4.69, 9.17) is 26.9 Å². The Morgan fingerprint density at radius 3 is 1.92 bits per heavy atom. The van der Waals surface area contributed by atoms with Gasteiger partial charge in [-0.1, -0.05) is 27.5 Å². The highest BCUT2D eigenvalue weighted by Crippen LogP contribution is 2.35. The Labute approximate surface area is 154 Å². The van der Waals surface area contributed by atoms with Crippen molar-refractivity contribution in [2.75, 3.05) is 0 Å².